The molecule has 1 saturated heterocycles. The zero-order valence-electron chi connectivity index (χ0n) is 15.2. The Bertz CT molecular complexity index is 988. The first kappa shape index (κ1) is 18.7. The van der Waals surface area contributed by atoms with Gasteiger partial charge in [-0.05, 0) is 17.7 Å². The number of hydrogen-bond acceptors (Lipinski definition) is 6. The predicted octanol–water partition coefficient (Wildman–Crippen LogP) is 2.63. The van der Waals surface area contributed by atoms with Crippen LogP contribution in [0.15, 0.2) is 35.7 Å². The van der Waals surface area contributed by atoms with E-state index in [1.165, 1.54) is 29.5 Å². The van der Waals surface area contributed by atoms with E-state index in [4.69, 9.17) is 10.00 Å². The summed E-state index contributed by atoms with van der Waals surface area (Å²) in [7, 11) is 0. The second-order valence-electron chi connectivity index (χ2n) is 6.71. The lowest BCUT2D eigenvalue weighted by molar-refractivity contribution is 0.141. The van der Waals surface area contributed by atoms with Crippen LogP contribution in [0.25, 0.3) is 0 Å². The van der Waals surface area contributed by atoms with E-state index in [2.05, 4.69) is 15.1 Å². The maximum atomic E-state index is 13.6. The molecule has 0 radical (unpaired) electrons. The van der Waals surface area contributed by atoms with E-state index in [0.717, 1.165) is 6.07 Å². The largest absolute Gasteiger partial charge is 0.471 e. The van der Waals surface area contributed by atoms with Crippen LogP contribution in [0.2, 0.25) is 0 Å². The minimum Gasteiger partial charge on any atom is -0.471 e. The van der Waals surface area contributed by atoms with Gasteiger partial charge in [0, 0.05) is 31.7 Å². The molecule has 29 heavy (non-hydrogen) atoms. The maximum absolute atomic E-state index is 13.6. The first-order valence-electron chi connectivity index (χ1n) is 8.99. The first-order valence-corrected chi connectivity index (χ1v) is 8.99. The summed E-state index contributed by atoms with van der Waals surface area (Å²) in [5.41, 5.74) is 0.494. The second-order valence-corrected chi connectivity index (χ2v) is 6.71. The average Bonchev–Trinajstić information content (AvgIpc) is 3.36. The lowest BCUT2D eigenvalue weighted by Crippen LogP contribution is -2.40. The van der Waals surface area contributed by atoms with Gasteiger partial charge in [-0.1, -0.05) is 0 Å². The van der Waals surface area contributed by atoms with Gasteiger partial charge in [-0.2, -0.15) is 15.3 Å². The number of likely N-dealkylation sites (tertiary alicyclic amines) is 1. The number of carbonyl (C=O) groups is 1. The summed E-state index contributed by atoms with van der Waals surface area (Å²) in [5, 5.41) is 14.2. The van der Waals surface area contributed by atoms with Crippen molar-refractivity contribution in [3.05, 3.63) is 53.5 Å². The van der Waals surface area contributed by atoms with Gasteiger partial charge >= 0.3 is 6.03 Å². The highest BCUT2D eigenvalue weighted by molar-refractivity contribution is 5.78. The lowest BCUT2D eigenvalue weighted by Gasteiger charge is -2.27. The van der Waals surface area contributed by atoms with E-state index in [1.807, 2.05) is 6.07 Å². The number of nitriles is 1. The highest BCUT2D eigenvalue weighted by atomic mass is 19.1. The molecule has 2 atom stereocenters. The third kappa shape index (κ3) is 3.99. The summed E-state index contributed by atoms with van der Waals surface area (Å²) < 4.78 is 32.9. The fourth-order valence-corrected chi connectivity index (χ4v) is 3.42. The van der Waals surface area contributed by atoms with Crippen LogP contribution < -0.4 is 4.74 Å². The monoisotopic (exact) mass is 398 g/mol. The highest BCUT2D eigenvalue weighted by Crippen LogP contribution is 2.31. The van der Waals surface area contributed by atoms with Crippen molar-refractivity contribution in [1.82, 2.24) is 19.9 Å². The van der Waals surface area contributed by atoms with E-state index in [9.17, 15) is 13.6 Å². The van der Waals surface area contributed by atoms with Crippen LogP contribution in [-0.2, 0) is 0 Å². The van der Waals surface area contributed by atoms with Gasteiger partial charge in [-0.25, -0.2) is 18.6 Å². The average molecular weight is 398 g/mol. The molecule has 1 aromatic heterocycles. The normalized spacial score (nSPS) is 20.7. The van der Waals surface area contributed by atoms with Crippen LogP contribution in [0.5, 0.6) is 5.88 Å². The number of nitrogens with zero attached hydrogens (tertiary/aromatic N) is 6. The molecular weight excluding hydrogens is 382 g/mol. The fourth-order valence-electron chi connectivity index (χ4n) is 3.42. The first-order chi connectivity index (χ1) is 14.0. The van der Waals surface area contributed by atoms with Crippen molar-refractivity contribution in [3.63, 3.8) is 0 Å². The summed E-state index contributed by atoms with van der Waals surface area (Å²) in [6.45, 7) is 0.735. The van der Waals surface area contributed by atoms with Crippen molar-refractivity contribution >= 4 is 12.2 Å². The smallest absolute Gasteiger partial charge is 0.341 e. The minimum atomic E-state index is -0.699. The molecular formula is C19H16F2N6O2. The molecule has 0 spiro atoms. The topological polar surface area (TPSA) is 94.7 Å². The van der Waals surface area contributed by atoms with Crippen LogP contribution in [0.4, 0.5) is 13.6 Å². The predicted molar refractivity (Wildman–Crippen MR) is 96.8 cm³/mol. The Morgan fingerprint density at radius 3 is 2.79 bits per heavy atom. The third-order valence-electron chi connectivity index (χ3n) is 4.73. The number of benzene rings is 1. The Morgan fingerprint density at radius 2 is 2.03 bits per heavy atom. The van der Waals surface area contributed by atoms with Gasteiger partial charge in [0.15, 0.2) is 5.69 Å². The molecule has 2 amide bonds. The van der Waals surface area contributed by atoms with E-state index < -0.39 is 17.7 Å². The molecule has 148 valence electrons. The number of aromatic nitrogens is 2. The number of rotatable bonds is 3. The summed E-state index contributed by atoms with van der Waals surface area (Å²) in [6.07, 6.45) is 4.93. The Labute approximate surface area is 165 Å². The number of carbonyl (C=O) groups excluding carboxylic acids is 1. The Balaban J connectivity index is 1.43. The fraction of sp³-hybridized carbons (Fsp3) is 0.316. The molecule has 4 rings (SSSR count). The van der Waals surface area contributed by atoms with Gasteiger partial charge in [-0.15, -0.1) is 0 Å². The number of hydrogen-bond donors (Lipinski definition) is 0. The van der Waals surface area contributed by atoms with Crippen molar-refractivity contribution in [2.24, 2.45) is 5.10 Å². The molecule has 0 bridgehead atoms. The van der Waals surface area contributed by atoms with Gasteiger partial charge in [-0.3, -0.25) is 4.98 Å². The quantitative estimate of drug-likeness (QED) is 0.792. The van der Waals surface area contributed by atoms with Gasteiger partial charge in [0.2, 0.25) is 5.88 Å². The number of halogens is 2. The van der Waals surface area contributed by atoms with Crippen LogP contribution in [0, 0.1) is 23.0 Å². The van der Waals surface area contributed by atoms with E-state index in [1.54, 1.807) is 11.1 Å². The van der Waals surface area contributed by atoms with Crippen molar-refractivity contribution in [1.29, 1.82) is 5.26 Å². The second kappa shape index (κ2) is 7.79. The van der Waals surface area contributed by atoms with Crippen LogP contribution in [0.1, 0.15) is 30.1 Å². The van der Waals surface area contributed by atoms with Crippen molar-refractivity contribution in [2.75, 3.05) is 13.1 Å². The van der Waals surface area contributed by atoms with Crippen LogP contribution >= 0.6 is 0 Å². The number of ether oxygens (including phenoxy) is 1. The zero-order valence-corrected chi connectivity index (χ0v) is 15.2. The Kier molecular flexibility index (Phi) is 5.03. The van der Waals surface area contributed by atoms with Crippen molar-refractivity contribution in [2.45, 2.75) is 25.0 Å². The lowest BCUT2D eigenvalue weighted by atomic mass is 10.0. The zero-order chi connectivity index (χ0) is 20.4. The van der Waals surface area contributed by atoms with Gasteiger partial charge in [0.25, 0.3) is 0 Å². The molecule has 2 aromatic rings. The molecule has 1 fully saturated rings. The molecule has 2 aliphatic heterocycles. The maximum Gasteiger partial charge on any atom is 0.341 e. The molecule has 0 saturated carbocycles. The molecule has 2 aliphatic rings. The van der Waals surface area contributed by atoms with Gasteiger partial charge in [0.1, 0.15) is 23.8 Å². The summed E-state index contributed by atoms with van der Waals surface area (Å²) in [4.78, 5) is 22.4. The molecule has 0 aliphatic carbocycles. The summed E-state index contributed by atoms with van der Waals surface area (Å²) in [5.74, 6) is -1.18. The van der Waals surface area contributed by atoms with Crippen molar-refractivity contribution < 1.29 is 18.3 Å². The van der Waals surface area contributed by atoms with Gasteiger partial charge in [0.05, 0.1) is 25.0 Å². The van der Waals surface area contributed by atoms with Crippen LogP contribution in [0.3, 0.4) is 0 Å². The molecule has 3 heterocycles. The summed E-state index contributed by atoms with van der Waals surface area (Å²) >= 11 is 0. The minimum absolute atomic E-state index is 0.144. The molecule has 1 aromatic carbocycles. The Morgan fingerprint density at radius 1 is 1.24 bits per heavy atom. The number of hydrazone groups is 1. The van der Waals surface area contributed by atoms with E-state index in [-0.39, 0.29) is 23.7 Å². The highest BCUT2D eigenvalue weighted by Gasteiger charge is 2.36. The van der Waals surface area contributed by atoms with E-state index >= 15 is 0 Å². The molecule has 0 unspecified atom stereocenters. The molecule has 0 N–H and O–H groups in total. The molecule has 10 heteroatoms. The number of urea groups is 1. The SMILES string of the molecule is N#Cc1cncc(O[C@@H]2CCN(C(=O)N3N=CC[C@H]3c3cc(F)cc(F)c3)C2)n1. The van der Waals surface area contributed by atoms with Gasteiger partial charge < -0.3 is 9.64 Å². The van der Waals surface area contributed by atoms with Crippen molar-refractivity contribution in [3.8, 4) is 11.9 Å². The third-order valence-corrected chi connectivity index (χ3v) is 4.73. The Hall–Kier alpha value is -3.61. The standard InChI is InChI=1S/C19H16F2N6O2/c20-13-5-12(6-14(21)7-13)17-1-3-24-27(17)19(28)26-4-2-16(11-26)29-18-10-23-9-15(8-22)25-18/h3,5-7,9-10,16-17H,1-2,4,11H2/t16-,17+/m1/s1. The van der Waals surface area contributed by atoms with Crippen LogP contribution in [-0.4, -0.2) is 51.3 Å². The van der Waals surface area contributed by atoms with E-state index in [0.29, 0.717) is 31.5 Å². The summed E-state index contributed by atoms with van der Waals surface area (Å²) in [6, 6.07) is 4.17. The molecule has 8 nitrogen and oxygen atoms in total. The number of amides is 2.